The van der Waals surface area contributed by atoms with Crippen LogP contribution in [-0.2, 0) is 0 Å². The first-order chi connectivity index (χ1) is 7.70. The number of nitrogens with zero attached hydrogens (tertiary/aromatic N) is 2. The summed E-state index contributed by atoms with van der Waals surface area (Å²) in [6.45, 7) is 1.80. The third kappa shape index (κ3) is 2.39. The van der Waals surface area contributed by atoms with Crippen LogP contribution in [0.5, 0.6) is 0 Å². The third-order valence-electron chi connectivity index (χ3n) is 2.13. The highest BCUT2D eigenvalue weighted by molar-refractivity contribution is 7.98. The van der Waals surface area contributed by atoms with E-state index in [0.717, 1.165) is 5.56 Å². The first-order valence-electron chi connectivity index (χ1n) is 4.83. The standard InChI is InChI=1S/C11H11ClN2OS/c1-7(12)11-13-10(14-15-11)8-3-5-9(16-2)6-4-8/h3-7H,1-2H3. The van der Waals surface area contributed by atoms with E-state index < -0.39 is 0 Å². The smallest absolute Gasteiger partial charge is 0.244 e. The number of benzene rings is 1. The summed E-state index contributed by atoms with van der Waals surface area (Å²) >= 11 is 7.55. The van der Waals surface area contributed by atoms with Crippen LogP contribution in [0, 0.1) is 0 Å². The summed E-state index contributed by atoms with van der Waals surface area (Å²) in [7, 11) is 0. The lowest BCUT2D eigenvalue weighted by molar-refractivity contribution is 0.379. The normalized spacial score (nSPS) is 12.7. The third-order valence-corrected chi connectivity index (χ3v) is 3.06. The van der Waals surface area contributed by atoms with E-state index >= 15 is 0 Å². The van der Waals surface area contributed by atoms with Crippen molar-refractivity contribution >= 4 is 23.4 Å². The SMILES string of the molecule is CSc1ccc(-c2noc(C(C)Cl)n2)cc1. The Kier molecular flexibility index (Phi) is 3.51. The first-order valence-corrected chi connectivity index (χ1v) is 6.49. The summed E-state index contributed by atoms with van der Waals surface area (Å²) in [5.41, 5.74) is 0.935. The van der Waals surface area contributed by atoms with Gasteiger partial charge in [0.25, 0.3) is 0 Å². The molecule has 5 heteroatoms. The number of halogens is 1. The molecular weight excluding hydrogens is 244 g/mol. The van der Waals surface area contributed by atoms with Crippen LogP contribution in [0.3, 0.4) is 0 Å². The lowest BCUT2D eigenvalue weighted by Crippen LogP contribution is -1.84. The van der Waals surface area contributed by atoms with Gasteiger partial charge in [-0.05, 0) is 37.4 Å². The molecule has 1 heterocycles. The molecule has 1 aromatic carbocycles. The van der Waals surface area contributed by atoms with Crippen LogP contribution in [0.15, 0.2) is 33.7 Å². The number of rotatable bonds is 3. The van der Waals surface area contributed by atoms with Crippen molar-refractivity contribution < 1.29 is 4.52 Å². The maximum absolute atomic E-state index is 5.85. The lowest BCUT2D eigenvalue weighted by Gasteiger charge is -1.96. The molecule has 0 saturated heterocycles. The highest BCUT2D eigenvalue weighted by Crippen LogP contribution is 2.23. The van der Waals surface area contributed by atoms with Gasteiger partial charge < -0.3 is 4.52 Å². The molecule has 0 aliphatic rings. The average molecular weight is 255 g/mol. The second kappa shape index (κ2) is 4.89. The molecule has 0 spiro atoms. The van der Waals surface area contributed by atoms with E-state index in [1.165, 1.54) is 4.90 Å². The molecular formula is C11H11ClN2OS. The zero-order valence-corrected chi connectivity index (χ0v) is 10.5. The van der Waals surface area contributed by atoms with E-state index in [1.807, 2.05) is 30.5 Å². The number of thioether (sulfide) groups is 1. The Morgan fingerprint density at radius 2 is 2.00 bits per heavy atom. The summed E-state index contributed by atoms with van der Waals surface area (Å²) in [5.74, 6) is 1.03. The van der Waals surface area contributed by atoms with Gasteiger partial charge in [0.15, 0.2) is 0 Å². The number of hydrogen-bond donors (Lipinski definition) is 0. The van der Waals surface area contributed by atoms with E-state index in [-0.39, 0.29) is 5.38 Å². The molecule has 0 aliphatic carbocycles. The van der Waals surface area contributed by atoms with Gasteiger partial charge >= 0.3 is 0 Å². The van der Waals surface area contributed by atoms with Crippen LogP contribution < -0.4 is 0 Å². The van der Waals surface area contributed by atoms with Crippen LogP contribution in [0.2, 0.25) is 0 Å². The highest BCUT2D eigenvalue weighted by atomic mass is 35.5. The molecule has 1 unspecified atom stereocenters. The lowest BCUT2D eigenvalue weighted by atomic mass is 10.2. The number of aromatic nitrogens is 2. The second-order valence-electron chi connectivity index (χ2n) is 3.30. The summed E-state index contributed by atoms with van der Waals surface area (Å²) < 4.78 is 5.04. The van der Waals surface area contributed by atoms with E-state index in [9.17, 15) is 0 Å². The van der Waals surface area contributed by atoms with Crippen LogP contribution in [0.4, 0.5) is 0 Å². The van der Waals surface area contributed by atoms with Crippen molar-refractivity contribution in [2.24, 2.45) is 0 Å². The second-order valence-corrected chi connectivity index (χ2v) is 4.84. The molecule has 3 nitrogen and oxygen atoms in total. The molecule has 0 fully saturated rings. The molecule has 1 aromatic heterocycles. The summed E-state index contributed by atoms with van der Waals surface area (Å²) in [6.07, 6.45) is 2.04. The van der Waals surface area contributed by atoms with Gasteiger partial charge in [0, 0.05) is 10.5 Å². The van der Waals surface area contributed by atoms with Gasteiger partial charge in [-0.2, -0.15) is 4.98 Å². The number of alkyl halides is 1. The molecule has 2 aromatic rings. The van der Waals surface area contributed by atoms with E-state index in [2.05, 4.69) is 10.1 Å². The predicted molar refractivity (Wildman–Crippen MR) is 65.8 cm³/mol. The van der Waals surface area contributed by atoms with Crippen molar-refractivity contribution in [1.29, 1.82) is 0 Å². The molecule has 0 aliphatic heterocycles. The predicted octanol–water partition coefficient (Wildman–Crippen LogP) is 3.76. The molecule has 0 amide bonds. The Balaban J connectivity index is 2.28. The van der Waals surface area contributed by atoms with Gasteiger partial charge in [0.1, 0.15) is 5.38 Å². The van der Waals surface area contributed by atoms with E-state index in [1.54, 1.807) is 18.7 Å². The van der Waals surface area contributed by atoms with Crippen molar-refractivity contribution in [3.8, 4) is 11.4 Å². The minimum Gasteiger partial charge on any atom is -0.337 e. The quantitative estimate of drug-likeness (QED) is 0.618. The van der Waals surface area contributed by atoms with Gasteiger partial charge in [0.2, 0.25) is 11.7 Å². The van der Waals surface area contributed by atoms with Crippen LogP contribution in [-0.4, -0.2) is 16.4 Å². The van der Waals surface area contributed by atoms with Crippen molar-refractivity contribution in [3.05, 3.63) is 30.2 Å². The van der Waals surface area contributed by atoms with Gasteiger partial charge in [-0.15, -0.1) is 23.4 Å². The van der Waals surface area contributed by atoms with E-state index in [4.69, 9.17) is 16.1 Å². The average Bonchev–Trinajstić information content (AvgIpc) is 2.78. The monoisotopic (exact) mass is 254 g/mol. The fourth-order valence-corrected chi connectivity index (χ4v) is 1.75. The summed E-state index contributed by atoms with van der Waals surface area (Å²) in [4.78, 5) is 5.43. The van der Waals surface area contributed by atoms with Crippen molar-refractivity contribution in [1.82, 2.24) is 10.1 Å². The van der Waals surface area contributed by atoms with Crippen molar-refractivity contribution in [3.63, 3.8) is 0 Å². The summed E-state index contributed by atoms with van der Waals surface area (Å²) in [6, 6.07) is 8.00. The maximum Gasteiger partial charge on any atom is 0.244 e. The molecule has 0 saturated carbocycles. The first kappa shape index (κ1) is 11.5. The van der Waals surface area contributed by atoms with Gasteiger partial charge in [-0.1, -0.05) is 5.16 Å². The van der Waals surface area contributed by atoms with Crippen LogP contribution >= 0.6 is 23.4 Å². The topological polar surface area (TPSA) is 38.9 Å². The number of hydrogen-bond acceptors (Lipinski definition) is 4. The Labute approximate surface area is 103 Å². The highest BCUT2D eigenvalue weighted by Gasteiger charge is 2.12. The fourth-order valence-electron chi connectivity index (χ4n) is 1.25. The molecule has 2 rings (SSSR count). The van der Waals surface area contributed by atoms with Gasteiger partial charge in [-0.25, -0.2) is 0 Å². The Morgan fingerprint density at radius 3 is 2.50 bits per heavy atom. The largest absolute Gasteiger partial charge is 0.337 e. The molecule has 0 N–H and O–H groups in total. The minimum absolute atomic E-state index is 0.258. The molecule has 84 valence electrons. The molecule has 0 radical (unpaired) electrons. The Morgan fingerprint density at radius 1 is 1.31 bits per heavy atom. The van der Waals surface area contributed by atoms with Crippen molar-refractivity contribution in [2.45, 2.75) is 17.2 Å². The maximum atomic E-state index is 5.85. The summed E-state index contributed by atoms with van der Waals surface area (Å²) in [5, 5.41) is 3.63. The van der Waals surface area contributed by atoms with Gasteiger partial charge in [-0.3, -0.25) is 0 Å². The molecule has 0 bridgehead atoms. The van der Waals surface area contributed by atoms with Crippen LogP contribution in [0.1, 0.15) is 18.2 Å². The van der Waals surface area contributed by atoms with Crippen molar-refractivity contribution in [2.75, 3.05) is 6.26 Å². The van der Waals surface area contributed by atoms with Crippen LogP contribution in [0.25, 0.3) is 11.4 Å². The zero-order valence-electron chi connectivity index (χ0n) is 8.98. The Hall–Kier alpha value is -1.00. The fraction of sp³-hybridized carbons (Fsp3) is 0.273. The van der Waals surface area contributed by atoms with Gasteiger partial charge in [0.05, 0.1) is 0 Å². The molecule has 16 heavy (non-hydrogen) atoms. The zero-order chi connectivity index (χ0) is 11.5. The van der Waals surface area contributed by atoms with E-state index in [0.29, 0.717) is 11.7 Å². The Bertz CT molecular complexity index is 467. The molecule has 1 atom stereocenters. The minimum atomic E-state index is -0.258.